The zero-order valence-corrected chi connectivity index (χ0v) is 14.7. The van der Waals surface area contributed by atoms with Crippen molar-refractivity contribution >= 4 is 27.6 Å². The van der Waals surface area contributed by atoms with Crippen molar-refractivity contribution in [1.82, 2.24) is 0 Å². The maximum Gasteiger partial charge on any atom is 0.294 e. The van der Waals surface area contributed by atoms with Crippen LogP contribution < -0.4 is 4.90 Å². The summed E-state index contributed by atoms with van der Waals surface area (Å²) in [5.74, 6) is 0. The summed E-state index contributed by atoms with van der Waals surface area (Å²) in [5, 5.41) is 0.466. The Morgan fingerprint density at radius 2 is 1.70 bits per heavy atom. The number of thioether (sulfide) groups is 1. The summed E-state index contributed by atoms with van der Waals surface area (Å²) in [4.78, 5) is 3.53. The fraction of sp³-hybridized carbons (Fsp3) is 0.294. The smallest absolute Gasteiger partial charge is 0.294 e. The Balaban J connectivity index is 1.69. The fourth-order valence-corrected chi connectivity index (χ4v) is 4.35. The predicted molar refractivity (Wildman–Crippen MR) is 93.8 cm³/mol. The Hall–Kier alpha value is -1.50. The van der Waals surface area contributed by atoms with Crippen LogP contribution in [0, 0.1) is 0 Å². The summed E-state index contributed by atoms with van der Waals surface area (Å²) < 4.78 is 31.1. The molecule has 23 heavy (non-hydrogen) atoms. The average molecular weight is 349 g/mol. The average Bonchev–Trinajstić information content (AvgIpc) is 2.79. The van der Waals surface area contributed by atoms with E-state index >= 15 is 0 Å². The van der Waals surface area contributed by atoms with Crippen molar-refractivity contribution in [2.24, 2.45) is 0 Å². The van der Waals surface area contributed by atoms with Crippen LogP contribution in [0.4, 0.5) is 5.69 Å². The third-order valence-electron chi connectivity index (χ3n) is 4.17. The first-order valence-corrected chi connectivity index (χ1v) is 9.75. The zero-order valence-electron chi connectivity index (χ0n) is 13.1. The van der Waals surface area contributed by atoms with E-state index in [0.29, 0.717) is 5.37 Å². The molecule has 1 aliphatic rings. The Morgan fingerprint density at radius 1 is 1.09 bits per heavy atom. The van der Waals surface area contributed by atoms with Gasteiger partial charge in [-0.1, -0.05) is 30.0 Å². The van der Waals surface area contributed by atoms with E-state index in [2.05, 4.69) is 37.1 Å². The van der Waals surface area contributed by atoms with Crippen molar-refractivity contribution < 1.29 is 13.0 Å². The lowest BCUT2D eigenvalue weighted by Crippen LogP contribution is -2.20. The molecular weight excluding hydrogens is 330 g/mol. The van der Waals surface area contributed by atoms with E-state index in [1.165, 1.54) is 28.3 Å². The van der Waals surface area contributed by atoms with E-state index < -0.39 is 10.1 Å². The molecule has 0 radical (unpaired) electrons. The summed E-state index contributed by atoms with van der Waals surface area (Å²) >= 11 is 1.87. The second-order valence-corrected chi connectivity index (χ2v) is 8.53. The third-order valence-corrected chi connectivity index (χ3v) is 6.28. The molecule has 0 spiro atoms. The maximum atomic E-state index is 11.0. The normalized spacial score (nSPS) is 17.3. The molecule has 0 aliphatic carbocycles. The molecule has 3 rings (SSSR count). The number of anilines is 1. The summed E-state index contributed by atoms with van der Waals surface area (Å²) in [6, 6.07) is 13.0. The van der Waals surface area contributed by atoms with Crippen molar-refractivity contribution in [1.29, 1.82) is 0 Å². The van der Waals surface area contributed by atoms with Crippen LogP contribution in [0.5, 0.6) is 0 Å². The first kappa shape index (κ1) is 16.4. The van der Waals surface area contributed by atoms with Crippen molar-refractivity contribution in [2.45, 2.75) is 34.9 Å². The zero-order chi connectivity index (χ0) is 16.6. The Labute approximate surface area is 141 Å². The molecule has 1 unspecified atom stereocenters. The Bertz CT molecular complexity index is 816. The standard InChI is InChI=1S/C17H19NO3S2/c1-12-18(2)16-10-7-14(11-17(16)22-12)4-3-13-5-8-15(9-6-13)23(19,20)21/h5-12H,3-4H2,1-2H3,(H,19,20,21). The molecule has 1 N–H and O–H groups in total. The minimum atomic E-state index is -4.11. The van der Waals surface area contributed by atoms with Gasteiger partial charge in [0.15, 0.2) is 0 Å². The lowest BCUT2D eigenvalue weighted by atomic mass is 10.0. The number of nitrogens with zero attached hydrogens (tertiary/aromatic N) is 1. The third kappa shape index (κ3) is 3.54. The second kappa shape index (κ2) is 6.19. The topological polar surface area (TPSA) is 57.6 Å². The molecule has 0 bridgehead atoms. The molecule has 0 aromatic heterocycles. The van der Waals surface area contributed by atoms with Crippen LogP contribution >= 0.6 is 11.8 Å². The van der Waals surface area contributed by atoms with Gasteiger partial charge in [0.2, 0.25) is 0 Å². The van der Waals surface area contributed by atoms with Gasteiger partial charge in [0, 0.05) is 11.9 Å². The minimum Gasteiger partial charge on any atom is -0.362 e. The molecule has 2 aromatic carbocycles. The van der Waals surface area contributed by atoms with Gasteiger partial charge in [0.1, 0.15) is 0 Å². The van der Waals surface area contributed by atoms with Gasteiger partial charge in [-0.2, -0.15) is 8.42 Å². The molecule has 0 amide bonds. The molecule has 1 atom stereocenters. The van der Waals surface area contributed by atoms with Crippen LogP contribution in [0.25, 0.3) is 0 Å². The van der Waals surface area contributed by atoms with Gasteiger partial charge in [0.25, 0.3) is 10.1 Å². The van der Waals surface area contributed by atoms with Crippen LogP contribution in [0.15, 0.2) is 52.3 Å². The van der Waals surface area contributed by atoms with Crippen LogP contribution in [0.2, 0.25) is 0 Å². The number of hydrogen-bond acceptors (Lipinski definition) is 4. The maximum absolute atomic E-state index is 11.0. The fourth-order valence-electron chi connectivity index (χ4n) is 2.68. The highest BCUT2D eigenvalue weighted by Gasteiger charge is 2.23. The highest BCUT2D eigenvalue weighted by molar-refractivity contribution is 8.00. The van der Waals surface area contributed by atoms with Crippen molar-refractivity contribution in [3.63, 3.8) is 0 Å². The molecule has 0 saturated heterocycles. The highest BCUT2D eigenvalue weighted by Crippen LogP contribution is 2.42. The molecular formula is C17H19NO3S2. The molecule has 2 aromatic rings. The number of aryl methyl sites for hydroxylation is 2. The SMILES string of the molecule is CC1Sc2cc(CCc3ccc(S(=O)(=O)O)cc3)ccc2N1C. The number of hydrogen-bond donors (Lipinski definition) is 1. The predicted octanol–water partition coefficient (Wildman–Crippen LogP) is 3.61. The van der Waals surface area contributed by atoms with Crippen LogP contribution in [0.3, 0.4) is 0 Å². The first-order valence-electron chi connectivity index (χ1n) is 7.43. The summed E-state index contributed by atoms with van der Waals surface area (Å²) in [6.45, 7) is 2.20. The van der Waals surface area contributed by atoms with E-state index in [1.54, 1.807) is 12.1 Å². The van der Waals surface area contributed by atoms with E-state index in [4.69, 9.17) is 4.55 Å². The summed E-state index contributed by atoms with van der Waals surface area (Å²) in [6.07, 6.45) is 1.73. The van der Waals surface area contributed by atoms with Crippen LogP contribution in [-0.4, -0.2) is 25.4 Å². The molecule has 1 heterocycles. The van der Waals surface area contributed by atoms with Crippen LogP contribution in [-0.2, 0) is 23.0 Å². The van der Waals surface area contributed by atoms with E-state index in [9.17, 15) is 8.42 Å². The van der Waals surface area contributed by atoms with E-state index in [-0.39, 0.29) is 4.90 Å². The summed E-state index contributed by atoms with van der Waals surface area (Å²) in [7, 11) is -2.00. The van der Waals surface area contributed by atoms with E-state index in [0.717, 1.165) is 18.4 Å². The van der Waals surface area contributed by atoms with Gasteiger partial charge >= 0.3 is 0 Å². The minimum absolute atomic E-state index is 0.0628. The molecule has 0 saturated carbocycles. The first-order chi connectivity index (χ1) is 10.8. The van der Waals surface area contributed by atoms with Gasteiger partial charge in [-0.15, -0.1) is 0 Å². The van der Waals surface area contributed by atoms with Gasteiger partial charge in [-0.25, -0.2) is 0 Å². The Morgan fingerprint density at radius 3 is 2.35 bits per heavy atom. The molecule has 1 aliphatic heterocycles. The van der Waals surface area contributed by atoms with Crippen molar-refractivity contribution in [3.05, 3.63) is 53.6 Å². The van der Waals surface area contributed by atoms with Crippen molar-refractivity contribution in [2.75, 3.05) is 11.9 Å². The highest BCUT2D eigenvalue weighted by atomic mass is 32.2. The molecule has 122 valence electrons. The lowest BCUT2D eigenvalue weighted by Gasteiger charge is -2.16. The number of benzene rings is 2. The molecule has 6 heteroatoms. The molecule has 4 nitrogen and oxygen atoms in total. The largest absolute Gasteiger partial charge is 0.362 e. The van der Waals surface area contributed by atoms with Crippen molar-refractivity contribution in [3.8, 4) is 0 Å². The molecule has 0 fully saturated rings. The van der Waals surface area contributed by atoms with Crippen LogP contribution in [0.1, 0.15) is 18.1 Å². The Kier molecular flexibility index (Phi) is 4.40. The van der Waals surface area contributed by atoms with Gasteiger partial charge in [-0.05, 0) is 55.2 Å². The summed E-state index contributed by atoms with van der Waals surface area (Å²) in [5.41, 5.74) is 3.61. The van der Waals surface area contributed by atoms with E-state index in [1.807, 2.05) is 11.8 Å². The lowest BCUT2D eigenvalue weighted by molar-refractivity contribution is 0.483. The van der Waals surface area contributed by atoms with Gasteiger partial charge in [0.05, 0.1) is 16.0 Å². The second-order valence-electron chi connectivity index (χ2n) is 5.75. The quantitative estimate of drug-likeness (QED) is 0.855. The van der Waals surface area contributed by atoms with Gasteiger partial charge < -0.3 is 4.90 Å². The number of rotatable bonds is 4. The van der Waals surface area contributed by atoms with Gasteiger partial charge in [-0.3, -0.25) is 4.55 Å². The number of fused-ring (bicyclic) bond motifs is 1. The monoisotopic (exact) mass is 349 g/mol.